The number of nitrogens with zero attached hydrogens (tertiary/aromatic N) is 3. The third-order valence-corrected chi connectivity index (χ3v) is 6.05. The average Bonchev–Trinajstić information content (AvgIpc) is 3.01. The molecule has 0 saturated carbocycles. The lowest BCUT2D eigenvalue weighted by Crippen LogP contribution is -2.38. The molecule has 0 N–H and O–H groups in total. The van der Waals surface area contributed by atoms with Crippen molar-refractivity contribution in [1.82, 2.24) is 14.5 Å². The Labute approximate surface area is 129 Å². The number of sulfone groups is 1. The number of benzene rings is 1. The van der Waals surface area contributed by atoms with E-state index in [9.17, 15) is 13.2 Å². The van der Waals surface area contributed by atoms with E-state index < -0.39 is 9.84 Å². The third-order valence-electron chi connectivity index (χ3n) is 4.29. The number of hydrogen-bond acceptors (Lipinski definition) is 4. The fraction of sp³-hybridized carbons (Fsp3) is 0.467. The second kappa shape index (κ2) is 5.39. The van der Waals surface area contributed by atoms with Crippen LogP contribution in [-0.2, 0) is 28.1 Å². The highest BCUT2D eigenvalue weighted by Crippen LogP contribution is 2.19. The summed E-state index contributed by atoms with van der Waals surface area (Å²) in [5, 5.41) is 0. The summed E-state index contributed by atoms with van der Waals surface area (Å²) in [5.41, 5.74) is 2.77. The molecule has 1 atom stereocenters. The molecule has 2 aromatic rings. The number of amides is 1. The molecule has 1 amide bonds. The van der Waals surface area contributed by atoms with E-state index in [1.54, 1.807) is 18.3 Å². The van der Waals surface area contributed by atoms with Gasteiger partial charge in [0.2, 0.25) is 5.91 Å². The van der Waals surface area contributed by atoms with E-state index in [0.29, 0.717) is 6.42 Å². The quantitative estimate of drug-likeness (QED) is 0.837. The van der Waals surface area contributed by atoms with Gasteiger partial charge in [-0.1, -0.05) is 6.07 Å². The minimum absolute atomic E-state index is 0.0580. The van der Waals surface area contributed by atoms with Crippen molar-refractivity contribution in [1.29, 1.82) is 0 Å². The Balaban J connectivity index is 1.72. The summed E-state index contributed by atoms with van der Waals surface area (Å²) < 4.78 is 25.0. The molecular weight excluding hydrogens is 302 g/mol. The molecule has 0 radical (unpaired) electrons. The normalized spacial score (nSPS) is 20.4. The van der Waals surface area contributed by atoms with Gasteiger partial charge in [-0.05, 0) is 24.1 Å². The smallest absolute Gasteiger partial charge is 0.227 e. The van der Waals surface area contributed by atoms with E-state index in [1.165, 1.54) is 0 Å². The molecule has 22 heavy (non-hydrogen) atoms. The molecule has 1 saturated heterocycles. The van der Waals surface area contributed by atoms with Gasteiger partial charge in [-0.25, -0.2) is 13.4 Å². The largest absolute Gasteiger partial charge is 0.341 e. The Bertz CT molecular complexity index is 826. The Morgan fingerprint density at radius 3 is 2.91 bits per heavy atom. The molecule has 3 rings (SSSR count). The second-order valence-electron chi connectivity index (χ2n) is 5.92. The fourth-order valence-corrected chi connectivity index (χ4v) is 4.65. The fourth-order valence-electron chi connectivity index (χ4n) is 2.88. The van der Waals surface area contributed by atoms with E-state index in [-0.39, 0.29) is 29.9 Å². The van der Waals surface area contributed by atoms with Gasteiger partial charge in [-0.15, -0.1) is 0 Å². The standard InChI is InChI=1S/C15H19N3O3S/c1-17-10-16-13-7-11(3-4-14(13)17)8-15(19)18(2)12-5-6-22(20,21)9-12/h3-4,7,10,12H,5-6,8-9H2,1-2H3. The number of carbonyl (C=O) groups is 1. The van der Waals surface area contributed by atoms with Gasteiger partial charge in [0, 0.05) is 20.1 Å². The molecule has 1 aliphatic heterocycles. The number of aryl methyl sites for hydroxylation is 1. The molecule has 2 heterocycles. The monoisotopic (exact) mass is 321 g/mol. The molecule has 0 aliphatic carbocycles. The molecule has 1 aromatic heterocycles. The molecule has 0 spiro atoms. The first-order valence-electron chi connectivity index (χ1n) is 7.22. The highest BCUT2D eigenvalue weighted by molar-refractivity contribution is 7.91. The van der Waals surface area contributed by atoms with Gasteiger partial charge in [0.25, 0.3) is 0 Å². The Hall–Kier alpha value is -1.89. The minimum atomic E-state index is -2.98. The van der Waals surface area contributed by atoms with Crippen molar-refractivity contribution < 1.29 is 13.2 Å². The molecule has 1 fully saturated rings. The molecular formula is C15H19N3O3S. The summed E-state index contributed by atoms with van der Waals surface area (Å²) >= 11 is 0. The first-order chi connectivity index (χ1) is 10.4. The highest BCUT2D eigenvalue weighted by atomic mass is 32.2. The number of aromatic nitrogens is 2. The van der Waals surface area contributed by atoms with Crippen LogP contribution in [0.25, 0.3) is 11.0 Å². The average molecular weight is 321 g/mol. The lowest BCUT2D eigenvalue weighted by molar-refractivity contribution is -0.130. The van der Waals surface area contributed by atoms with Crippen LogP contribution in [0.5, 0.6) is 0 Å². The van der Waals surface area contributed by atoms with Crippen molar-refractivity contribution in [2.75, 3.05) is 18.6 Å². The molecule has 1 unspecified atom stereocenters. The van der Waals surface area contributed by atoms with Crippen molar-refractivity contribution >= 4 is 26.8 Å². The van der Waals surface area contributed by atoms with Crippen LogP contribution in [0.1, 0.15) is 12.0 Å². The Morgan fingerprint density at radius 2 is 2.23 bits per heavy atom. The van der Waals surface area contributed by atoms with Crippen LogP contribution in [0.4, 0.5) is 0 Å². The zero-order chi connectivity index (χ0) is 15.9. The van der Waals surface area contributed by atoms with Gasteiger partial charge in [-0.3, -0.25) is 4.79 Å². The van der Waals surface area contributed by atoms with E-state index in [2.05, 4.69) is 4.98 Å². The van der Waals surface area contributed by atoms with E-state index in [1.807, 2.05) is 29.8 Å². The lowest BCUT2D eigenvalue weighted by atomic mass is 10.1. The van der Waals surface area contributed by atoms with Gasteiger partial charge in [0.1, 0.15) is 0 Å². The van der Waals surface area contributed by atoms with Crippen LogP contribution in [0.2, 0.25) is 0 Å². The van der Waals surface area contributed by atoms with Gasteiger partial charge in [-0.2, -0.15) is 0 Å². The minimum Gasteiger partial charge on any atom is -0.341 e. The maximum atomic E-state index is 12.4. The van der Waals surface area contributed by atoms with Crippen LogP contribution in [0.15, 0.2) is 24.5 Å². The Kier molecular flexibility index (Phi) is 3.68. The summed E-state index contributed by atoms with van der Waals surface area (Å²) in [6.07, 6.45) is 2.54. The molecule has 7 heteroatoms. The zero-order valence-corrected chi connectivity index (χ0v) is 13.5. The molecule has 0 bridgehead atoms. The van der Waals surface area contributed by atoms with Crippen LogP contribution < -0.4 is 0 Å². The zero-order valence-electron chi connectivity index (χ0n) is 12.7. The first kappa shape index (κ1) is 15.0. The topological polar surface area (TPSA) is 72.3 Å². The number of likely N-dealkylation sites (N-methyl/N-ethyl adjacent to an activating group) is 1. The van der Waals surface area contributed by atoms with Crippen LogP contribution in [-0.4, -0.2) is 53.4 Å². The van der Waals surface area contributed by atoms with Crippen LogP contribution >= 0.6 is 0 Å². The van der Waals surface area contributed by atoms with Crippen molar-refractivity contribution in [3.63, 3.8) is 0 Å². The molecule has 1 aliphatic rings. The van der Waals surface area contributed by atoms with E-state index >= 15 is 0 Å². The number of hydrogen-bond donors (Lipinski definition) is 0. The maximum absolute atomic E-state index is 12.4. The highest BCUT2D eigenvalue weighted by Gasteiger charge is 2.32. The maximum Gasteiger partial charge on any atom is 0.227 e. The van der Waals surface area contributed by atoms with Crippen LogP contribution in [0.3, 0.4) is 0 Å². The number of carbonyl (C=O) groups excluding carboxylic acids is 1. The lowest BCUT2D eigenvalue weighted by Gasteiger charge is -2.23. The SMILES string of the molecule is CN(C(=O)Cc1ccc2c(c1)ncn2C)C1CCS(=O)(=O)C1. The second-order valence-corrected chi connectivity index (χ2v) is 8.15. The predicted molar refractivity (Wildman–Crippen MR) is 84.2 cm³/mol. The molecule has 118 valence electrons. The summed E-state index contributed by atoms with van der Waals surface area (Å²) in [6, 6.07) is 5.58. The van der Waals surface area contributed by atoms with Crippen molar-refractivity contribution in [3.8, 4) is 0 Å². The number of fused-ring (bicyclic) bond motifs is 1. The number of imidazole rings is 1. The van der Waals surface area contributed by atoms with Gasteiger partial charge < -0.3 is 9.47 Å². The molecule has 6 nitrogen and oxygen atoms in total. The Morgan fingerprint density at radius 1 is 1.45 bits per heavy atom. The van der Waals surface area contributed by atoms with Crippen molar-refractivity contribution in [2.24, 2.45) is 7.05 Å². The number of rotatable bonds is 3. The van der Waals surface area contributed by atoms with E-state index in [0.717, 1.165) is 16.6 Å². The van der Waals surface area contributed by atoms with Gasteiger partial charge in [0.05, 0.1) is 35.3 Å². The third kappa shape index (κ3) is 2.85. The van der Waals surface area contributed by atoms with E-state index in [4.69, 9.17) is 0 Å². The van der Waals surface area contributed by atoms with Crippen LogP contribution in [0, 0.1) is 0 Å². The summed E-state index contributed by atoms with van der Waals surface area (Å²) in [5.74, 6) is 0.196. The van der Waals surface area contributed by atoms with Crippen molar-refractivity contribution in [2.45, 2.75) is 18.9 Å². The summed E-state index contributed by atoms with van der Waals surface area (Å²) in [4.78, 5) is 18.2. The van der Waals surface area contributed by atoms with Gasteiger partial charge in [0.15, 0.2) is 9.84 Å². The predicted octanol–water partition coefficient (Wildman–Crippen LogP) is 0.761. The van der Waals surface area contributed by atoms with Gasteiger partial charge >= 0.3 is 0 Å². The summed E-state index contributed by atoms with van der Waals surface area (Å²) in [6.45, 7) is 0. The summed E-state index contributed by atoms with van der Waals surface area (Å²) in [7, 11) is 0.633. The van der Waals surface area contributed by atoms with Crippen molar-refractivity contribution in [3.05, 3.63) is 30.1 Å². The first-order valence-corrected chi connectivity index (χ1v) is 9.04. The molecule has 1 aromatic carbocycles.